The van der Waals surface area contributed by atoms with Gasteiger partial charge in [0.1, 0.15) is 37.2 Å². The van der Waals surface area contributed by atoms with Crippen LogP contribution in [0.15, 0.2) is 48.9 Å². The van der Waals surface area contributed by atoms with Gasteiger partial charge in [-0.2, -0.15) is 5.26 Å². The van der Waals surface area contributed by atoms with Crippen LogP contribution in [0.1, 0.15) is 36.1 Å². The summed E-state index contributed by atoms with van der Waals surface area (Å²) in [6.07, 6.45) is 3.40. The number of rotatable bonds is 9. The van der Waals surface area contributed by atoms with Gasteiger partial charge in [0.05, 0.1) is 22.0 Å². The lowest BCUT2D eigenvalue weighted by Crippen LogP contribution is -2.44. The third-order valence-electron chi connectivity index (χ3n) is 6.36. The molecule has 0 unspecified atom stereocenters. The van der Waals surface area contributed by atoms with Crippen LogP contribution in [0, 0.1) is 11.3 Å². The van der Waals surface area contributed by atoms with Gasteiger partial charge in [0.25, 0.3) is 0 Å². The Morgan fingerprint density at radius 3 is 2.56 bits per heavy atom. The minimum absolute atomic E-state index is 0.284. The van der Waals surface area contributed by atoms with E-state index in [0.29, 0.717) is 28.8 Å². The van der Waals surface area contributed by atoms with E-state index in [1.807, 2.05) is 42.6 Å². The first-order chi connectivity index (χ1) is 17.4. The predicted octanol–water partition coefficient (Wildman–Crippen LogP) is 4.93. The van der Waals surface area contributed by atoms with Crippen molar-refractivity contribution in [1.82, 2.24) is 15.3 Å². The molecule has 0 bridgehead atoms. The van der Waals surface area contributed by atoms with Crippen molar-refractivity contribution in [2.24, 2.45) is 0 Å². The summed E-state index contributed by atoms with van der Waals surface area (Å²) in [7, 11) is 0. The van der Waals surface area contributed by atoms with Crippen LogP contribution in [0.3, 0.4) is 0 Å². The Bertz CT molecular complexity index is 1220. The second-order valence-corrected chi connectivity index (χ2v) is 9.82. The fraction of sp³-hybridized carbons (Fsp3) is 0.370. The first-order valence-electron chi connectivity index (χ1n) is 11.8. The third-order valence-corrected chi connectivity index (χ3v) is 6.80. The largest absolute Gasteiger partial charge is 0.489 e. The molecule has 0 amide bonds. The molecule has 1 aromatic heterocycles. The first-order valence-corrected chi connectivity index (χ1v) is 12.8. The van der Waals surface area contributed by atoms with E-state index in [0.717, 1.165) is 54.4 Å². The van der Waals surface area contributed by atoms with Gasteiger partial charge >= 0.3 is 0 Å². The highest BCUT2D eigenvalue weighted by molar-refractivity contribution is 6.32. The van der Waals surface area contributed by atoms with Gasteiger partial charge in [0.15, 0.2) is 5.75 Å². The lowest BCUT2D eigenvalue weighted by molar-refractivity contribution is 0.305. The molecule has 1 saturated heterocycles. The number of anilines is 1. The zero-order chi connectivity index (χ0) is 25.5. The Morgan fingerprint density at radius 1 is 1.11 bits per heavy atom. The Balaban J connectivity index is 1.49. The van der Waals surface area contributed by atoms with E-state index in [1.165, 1.54) is 0 Å². The number of nitrogens with zero attached hydrogens (tertiary/aromatic N) is 4. The summed E-state index contributed by atoms with van der Waals surface area (Å²) in [5.74, 6) is 2.36. The molecule has 1 N–H and O–H groups in total. The van der Waals surface area contributed by atoms with E-state index < -0.39 is 5.41 Å². The molecule has 7 nitrogen and oxygen atoms in total. The summed E-state index contributed by atoms with van der Waals surface area (Å²) in [4.78, 5) is 10.9. The normalized spacial score (nSPS) is 13.8. The number of piperazine rings is 1. The fourth-order valence-corrected chi connectivity index (χ4v) is 4.59. The van der Waals surface area contributed by atoms with Gasteiger partial charge in [-0.25, -0.2) is 9.97 Å². The Labute approximate surface area is 222 Å². The van der Waals surface area contributed by atoms with Crippen molar-refractivity contribution in [2.45, 2.75) is 25.9 Å². The maximum atomic E-state index is 9.64. The lowest BCUT2D eigenvalue weighted by atomic mass is 9.77. The number of aromatic nitrogens is 2. The van der Waals surface area contributed by atoms with Crippen LogP contribution in [0.2, 0.25) is 5.02 Å². The highest BCUT2D eigenvalue weighted by Gasteiger charge is 2.26. The molecular formula is C27H29Cl2N5O2. The summed E-state index contributed by atoms with van der Waals surface area (Å²) in [6, 6.07) is 13.8. The van der Waals surface area contributed by atoms with Crippen LogP contribution < -0.4 is 19.7 Å². The van der Waals surface area contributed by atoms with Crippen LogP contribution in [0.5, 0.6) is 11.5 Å². The number of hydrogen-bond acceptors (Lipinski definition) is 7. The van der Waals surface area contributed by atoms with Gasteiger partial charge in [-0.3, -0.25) is 0 Å². The highest BCUT2D eigenvalue weighted by Crippen LogP contribution is 2.38. The quantitative estimate of drug-likeness (QED) is 0.396. The van der Waals surface area contributed by atoms with Crippen LogP contribution in [0.4, 0.5) is 5.82 Å². The van der Waals surface area contributed by atoms with Gasteiger partial charge in [-0.15, -0.1) is 11.6 Å². The molecule has 9 heteroatoms. The van der Waals surface area contributed by atoms with Crippen molar-refractivity contribution in [2.75, 3.05) is 43.6 Å². The monoisotopic (exact) mass is 525 g/mol. The van der Waals surface area contributed by atoms with Crippen LogP contribution in [-0.4, -0.2) is 48.6 Å². The predicted molar refractivity (Wildman–Crippen MR) is 142 cm³/mol. The van der Waals surface area contributed by atoms with Crippen LogP contribution >= 0.6 is 23.2 Å². The molecule has 2 heterocycles. The minimum Gasteiger partial charge on any atom is -0.489 e. The number of hydrogen-bond donors (Lipinski definition) is 1. The number of alkyl halides is 1. The molecule has 188 valence electrons. The fourth-order valence-electron chi connectivity index (χ4n) is 4.24. The van der Waals surface area contributed by atoms with E-state index in [-0.39, 0.29) is 6.61 Å². The molecule has 0 saturated carbocycles. The van der Waals surface area contributed by atoms with Crippen molar-refractivity contribution in [3.8, 4) is 17.6 Å². The smallest absolute Gasteiger partial charge is 0.155 e. The number of nitrogens with one attached hydrogen (secondary N) is 1. The number of nitriles is 1. The Kier molecular flexibility index (Phi) is 8.52. The maximum Gasteiger partial charge on any atom is 0.155 e. The number of halogens is 2. The van der Waals surface area contributed by atoms with Crippen molar-refractivity contribution >= 4 is 29.0 Å². The molecule has 0 atom stereocenters. The molecule has 1 fully saturated rings. The molecule has 1 aliphatic heterocycles. The van der Waals surface area contributed by atoms with Crippen molar-refractivity contribution < 1.29 is 9.47 Å². The topological polar surface area (TPSA) is 83.3 Å². The van der Waals surface area contributed by atoms with Crippen LogP contribution in [-0.2, 0) is 12.0 Å². The maximum absolute atomic E-state index is 9.64. The van der Waals surface area contributed by atoms with Crippen molar-refractivity contribution in [3.63, 3.8) is 0 Å². The summed E-state index contributed by atoms with van der Waals surface area (Å²) in [5.41, 5.74) is 2.92. The van der Waals surface area contributed by atoms with Gasteiger partial charge in [-0.05, 0) is 35.4 Å². The summed E-state index contributed by atoms with van der Waals surface area (Å²) in [6.45, 7) is 8.54. The molecule has 2 aromatic carbocycles. The summed E-state index contributed by atoms with van der Waals surface area (Å²) in [5, 5.41) is 13.4. The average Bonchev–Trinajstić information content (AvgIpc) is 2.91. The van der Waals surface area contributed by atoms with E-state index >= 15 is 0 Å². The second-order valence-electron chi connectivity index (χ2n) is 9.03. The summed E-state index contributed by atoms with van der Waals surface area (Å²) < 4.78 is 11.7. The molecular weight excluding hydrogens is 497 g/mol. The van der Waals surface area contributed by atoms with Gasteiger partial charge in [0.2, 0.25) is 0 Å². The average molecular weight is 526 g/mol. The van der Waals surface area contributed by atoms with E-state index in [1.54, 1.807) is 6.33 Å². The lowest BCUT2D eigenvalue weighted by Gasteiger charge is -2.29. The molecule has 0 aliphatic carbocycles. The molecule has 1 aliphatic rings. The Morgan fingerprint density at radius 2 is 1.86 bits per heavy atom. The van der Waals surface area contributed by atoms with Gasteiger partial charge < -0.3 is 19.7 Å². The second kappa shape index (κ2) is 11.8. The molecule has 4 rings (SSSR count). The van der Waals surface area contributed by atoms with E-state index in [4.69, 9.17) is 32.7 Å². The number of ether oxygens (including phenoxy) is 2. The van der Waals surface area contributed by atoms with Crippen molar-refractivity contribution in [3.05, 3.63) is 76.2 Å². The molecule has 36 heavy (non-hydrogen) atoms. The SMILES string of the molecule is CC(C)(c1ccc(OCc2cncnc2N2CCNCC2)cc1)c1cc(Cl)c(OCCCl)c(C#N)c1. The molecule has 3 aromatic rings. The number of benzene rings is 2. The molecule has 0 spiro atoms. The minimum atomic E-state index is -0.401. The zero-order valence-corrected chi connectivity index (χ0v) is 21.9. The van der Waals surface area contributed by atoms with Crippen LogP contribution in [0.25, 0.3) is 0 Å². The summed E-state index contributed by atoms with van der Waals surface area (Å²) >= 11 is 12.2. The van der Waals surface area contributed by atoms with E-state index in [2.05, 4.69) is 40.1 Å². The van der Waals surface area contributed by atoms with Gasteiger partial charge in [0, 0.05) is 37.8 Å². The van der Waals surface area contributed by atoms with E-state index in [9.17, 15) is 5.26 Å². The zero-order valence-electron chi connectivity index (χ0n) is 20.4. The first kappa shape index (κ1) is 26.0. The highest BCUT2D eigenvalue weighted by atomic mass is 35.5. The Hall–Kier alpha value is -3.05. The molecule has 0 radical (unpaired) electrons. The standard InChI is InChI=1S/C27H29Cl2N5O2/c1-27(2,22-13-19(15-30)25(24(29)14-22)35-12-7-28)21-3-5-23(6-4-21)36-17-20-16-32-18-33-26(20)34-10-8-31-9-11-34/h3-6,13-14,16,18,31H,7-12,17H2,1-2H3. The van der Waals surface area contributed by atoms with Crippen molar-refractivity contribution in [1.29, 1.82) is 5.26 Å². The third kappa shape index (κ3) is 5.84. The van der Waals surface area contributed by atoms with Gasteiger partial charge in [-0.1, -0.05) is 37.6 Å².